The van der Waals surface area contributed by atoms with Gasteiger partial charge in [0.25, 0.3) is 0 Å². The van der Waals surface area contributed by atoms with Gasteiger partial charge in [-0.1, -0.05) is 32.0 Å². The molecule has 0 aromatic heterocycles. The Bertz CT molecular complexity index is 660. The Balaban J connectivity index is 2.47. The van der Waals surface area contributed by atoms with Crippen LogP contribution in [0.2, 0.25) is 0 Å². The zero-order valence-corrected chi connectivity index (χ0v) is 11.3. The van der Waals surface area contributed by atoms with Crippen molar-refractivity contribution in [2.45, 2.75) is 19.8 Å². The van der Waals surface area contributed by atoms with E-state index in [0.29, 0.717) is 5.56 Å². The van der Waals surface area contributed by atoms with Crippen LogP contribution < -0.4 is 0 Å². The summed E-state index contributed by atoms with van der Waals surface area (Å²) in [4.78, 5) is 12.4. The Labute approximate surface area is 116 Å². The Morgan fingerprint density at radius 3 is 2.35 bits per heavy atom. The van der Waals surface area contributed by atoms with Crippen molar-refractivity contribution in [1.29, 1.82) is 0 Å². The lowest BCUT2D eigenvalue weighted by atomic mass is 9.96. The van der Waals surface area contributed by atoms with E-state index in [4.69, 9.17) is 0 Å². The minimum atomic E-state index is -0.684. The average molecular weight is 272 g/mol. The number of benzene rings is 2. The largest absolute Gasteiger partial charge is 0.504 e. The van der Waals surface area contributed by atoms with Crippen LogP contribution in [0.3, 0.4) is 0 Å². The molecule has 0 bridgehead atoms. The fourth-order valence-electron chi connectivity index (χ4n) is 1.95. The number of aromatic hydroxyl groups is 3. The summed E-state index contributed by atoms with van der Waals surface area (Å²) in [6.07, 6.45) is 0. The van der Waals surface area contributed by atoms with Gasteiger partial charge in [0, 0.05) is 5.56 Å². The number of hydrogen-bond donors (Lipinski definition) is 3. The first kappa shape index (κ1) is 13.9. The molecule has 0 aliphatic carbocycles. The number of rotatable bonds is 3. The molecule has 0 aliphatic rings. The summed E-state index contributed by atoms with van der Waals surface area (Å²) in [5, 5.41) is 28.5. The van der Waals surface area contributed by atoms with Crippen molar-refractivity contribution in [3.05, 3.63) is 53.1 Å². The van der Waals surface area contributed by atoms with Crippen LogP contribution in [-0.2, 0) is 0 Å². The molecule has 0 saturated carbocycles. The van der Waals surface area contributed by atoms with Crippen molar-refractivity contribution in [1.82, 2.24) is 0 Å². The highest BCUT2D eigenvalue weighted by Crippen LogP contribution is 2.38. The number of phenolic OH excluding ortho intramolecular Hbond substituents is 3. The minimum Gasteiger partial charge on any atom is -0.504 e. The lowest BCUT2D eigenvalue weighted by Gasteiger charge is -2.09. The molecule has 2 rings (SSSR count). The summed E-state index contributed by atoms with van der Waals surface area (Å²) in [5.74, 6) is -1.87. The summed E-state index contributed by atoms with van der Waals surface area (Å²) in [7, 11) is 0. The fraction of sp³-hybridized carbons (Fsp3) is 0.188. The third-order valence-electron chi connectivity index (χ3n) is 3.19. The molecule has 20 heavy (non-hydrogen) atoms. The molecule has 2 aromatic carbocycles. The SMILES string of the molecule is CC(C)c1cccc(C(=O)c2ccc(O)c(O)c2O)c1. The van der Waals surface area contributed by atoms with Crippen LogP contribution in [0, 0.1) is 0 Å². The van der Waals surface area contributed by atoms with Crippen LogP contribution in [0.5, 0.6) is 17.2 Å². The highest BCUT2D eigenvalue weighted by molar-refractivity contribution is 6.11. The third-order valence-corrected chi connectivity index (χ3v) is 3.19. The van der Waals surface area contributed by atoms with Crippen molar-refractivity contribution in [3.63, 3.8) is 0 Å². The smallest absolute Gasteiger partial charge is 0.201 e. The zero-order valence-electron chi connectivity index (χ0n) is 11.3. The van der Waals surface area contributed by atoms with Gasteiger partial charge in [-0.3, -0.25) is 4.79 Å². The zero-order chi connectivity index (χ0) is 14.9. The van der Waals surface area contributed by atoms with Gasteiger partial charge in [0.15, 0.2) is 17.3 Å². The first-order chi connectivity index (χ1) is 9.41. The van der Waals surface area contributed by atoms with E-state index in [9.17, 15) is 20.1 Å². The maximum absolute atomic E-state index is 12.4. The van der Waals surface area contributed by atoms with E-state index in [2.05, 4.69) is 0 Å². The molecule has 3 N–H and O–H groups in total. The van der Waals surface area contributed by atoms with Crippen molar-refractivity contribution < 1.29 is 20.1 Å². The van der Waals surface area contributed by atoms with Crippen LogP contribution in [0.1, 0.15) is 41.3 Å². The van der Waals surface area contributed by atoms with Crippen LogP contribution >= 0.6 is 0 Å². The van der Waals surface area contributed by atoms with Gasteiger partial charge >= 0.3 is 0 Å². The fourth-order valence-corrected chi connectivity index (χ4v) is 1.95. The summed E-state index contributed by atoms with van der Waals surface area (Å²) >= 11 is 0. The van der Waals surface area contributed by atoms with Crippen LogP contribution in [0.4, 0.5) is 0 Å². The van der Waals surface area contributed by atoms with Gasteiger partial charge in [-0.05, 0) is 29.7 Å². The molecule has 2 aromatic rings. The maximum Gasteiger partial charge on any atom is 0.201 e. The van der Waals surface area contributed by atoms with E-state index in [1.54, 1.807) is 18.2 Å². The molecule has 0 heterocycles. The molecule has 0 aliphatic heterocycles. The van der Waals surface area contributed by atoms with E-state index in [0.717, 1.165) is 5.56 Å². The van der Waals surface area contributed by atoms with Gasteiger partial charge in [-0.2, -0.15) is 0 Å². The van der Waals surface area contributed by atoms with E-state index in [-0.39, 0.29) is 11.5 Å². The molecule has 0 atom stereocenters. The second kappa shape index (κ2) is 5.25. The Kier molecular flexibility index (Phi) is 3.66. The minimum absolute atomic E-state index is 0.0405. The molecular weight excluding hydrogens is 256 g/mol. The van der Waals surface area contributed by atoms with Gasteiger partial charge in [0.2, 0.25) is 5.75 Å². The number of carbonyl (C=O) groups excluding carboxylic acids is 1. The quantitative estimate of drug-likeness (QED) is 0.592. The summed E-state index contributed by atoms with van der Waals surface area (Å²) < 4.78 is 0. The third kappa shape index (κ3) is 2.45. The molecule has 4 nitrogen and oxygen atoms in total. The molecule has 0 radical (unpaired) electrons. The van der Waals surface area contributed by atoms with E-state index >= 15 is 0 Å². The maximum atomic E-state index is 12.4. The van der Waals surface area contributed by atoms with E-state index in [1.165, 1.54) is 12.1 Å². The number of phenols is 3. The van der Waals surface area contributed by atoms with Gasteiger partial charge in [-0.15, -0.1) is 0 Å². The summed E-state index contributed by atoms with van der Waals surface area (Å²) in [6.45, 7) is 4.04. The predicted octanol–water partition coefficient (Wildman–Crippen LogP) is 3.16. The highest BCUT2D eigenvalue weighted by atomic mass is 16.3. The molecule has 0 saturated heterocycles. The number of ketones is 1. The Morgan fingerprint density at radius 2 is 1.70 bits per heavy atom. The summed E-state index contributed by atoms with van der Waals surface area (Å²) in [6, 6.07) is 9.58. The average Bonchev–Trinajstić information content (AvgIpc) is 2.44. The van der Waals surface area contributed by atoms with Gasteiger partial charge < -0.3 is 15.3 Å². The molecule has 104 valence electrons. The highest BCUT2D eigenvalue weighted by Gasteiger charge is 2.18. The van der Waals surface area contributed by atoms with Crippen molar-refractivity contribution in [2.24, 2.45) is 0 Å². The second-order valence-corrected chi connectivity index (χ2v) is 4.94. The summed E-state index contributed by atoms with van der Waals surface area (Å²) in [5.41, 5.74) is 1.40. The first-order valence-corrected chi connectivity index (χ1v) is 6.30. The standard InChI is InChI=1S/C16H16O4/c1-9(2)10-4-3-5-11(8-10)14(18)12-6-7-13(17)16(20)15(12)19/h3-9,17,19-20H,1-2H3. The second-order valence-electron chi connectivity index (χ2n) is 4.94. The molecule has 0 unspecified atom stereocenters. The van der Waals surface area contributed by atoms with Crippen molar-refractivity contribution in [3.8, 4) is 17.2 Å². The van der Waals surface area contributed by atoms with E-state index < -0.39 is 23.0 Å². The van der Waals surface area contributed by atoms with E-state index in [1.807, 2.05) is 19.9 Å². The lowest BCUT2D eigenvalue weighted by molar-refractivity contribution is 0.103. The van der Waals surface area contributed by atoms with Gasteiger partial charge in [0.05, 0.1) is 5.56 Å². The van der Waals surface area contributed by atoms with Crippen molar-refractivity contribution >= 4 is 5.78 Å². The first-order valence-electron chi connectivity index (χ1n) is 6.30. The van der Waals surface area contributed by atoms with Crippen LogP contribution in [0.25, 0.3) is 0 Å². The number of carbonyl (C=O) groups is 1. The predicted molar refractivity (Wildman–Crippen MR) is 75.4 cm³/mol. The molecule has 0 fully saturated rings. The normalized spacial score (nSPS) is 10.8. The Morgan fingerprint density at radius 1 is 1.00 bits per heavy atom. The van der Waals surface area contributed by atoms with Crippen molar-refractivity contribution in [2.75, 3.05) is 0 Å². The topological polar surface area (TPSA) is 77.8 Å². The molecule has 0 amide bonds. The number of hydrogen-bond acceptors (Lipinski definition) is 4. The van der Waals surface area contributed by atoms with Gasteiger partial charge in [-0.25, -0.2) is 0 Å². The molecular formula is C16H16O4. The molecule has 4 heteroatoms. The van der Waals surface area contributed by atoms with Crippen LogP contribution in [-0.4, -0.2) is 21.1 Å². The van der Waals surface area contributed by atoms with Gasteiger partial charge in [0.1, 0.15) is 0 Å². The Hall–Kier alpha value is -2.49. The molecule has 0 spiro atoms. The van der Waals surface area contributed by atoms with Crippen LogP contribution in [0.15, 0.2) is 36.4 Å². The lowest BCUT2D eigenvalue weighted by Crippen LogP contribution is -2.03. The monoisotopic (exact) mass is 272 g/mol.